The van der Waals surface area contributed by atoms with Gasteiger partial charge in [0.1, 0.15) is 0 Å². The largest absolute Gasteiger partial charge is 0.394 e. The van der Waals surface area contributed by atoms with Crippen LogP contribution < -0.4 is 0 Å². The molecule has 4 N–H and O–H groups in total. The van der Waals surface area contributed by atoms with Gasteiger partial charge in [-0.05, 0) is 0 Å². The SMILES string of the molecule is O=S(=O)(O)O.O=S(=O)(O)O.[Fe]. The van der Waals surface area contributed by atoms with Crippen LogP contribution in [0, 0.1) is 0 Å². The maximum absolute atomic E-state index is 8.74. The number of hydrogen-bond acceptors (Lipinski definition) is 4. The first kappa shape index (κ1) is 17.4. The van der Waals surface area contributed by atoms with E-state index in [1.807, 2.05) is 0 Å². The third kappa shape index (κ3) is 10400. The van der Waals surface area contributed by atoms with Gasteiger partial charge in [-0.2, -0.15) is 16.8 Å². The molecule has 0 heterocycles. The molecule has 0 aliphatic carbocycles. The smallest absolute Gasteiger partial charge is 0.264 e. The minimum absolute atomic E-state index is 0. The molecule has 0 bridgehead atoms. The van der Waals surface area contributed by atoms with Crippen molar-refractivity contribution < 1.29 is 52.1 Å². The second kappa shape index (κ2) is 5.85. The predicted molar refractivity (Wildman–Crippen MR) is 28.4 cm³/mol. The Kier molecular flexibility index (Phi) is 9.24. The fourth-order valence-corrected chi connectivity index (χ4v) is 0. The van der Waals surface area contributed by atoms with Gasteiger partial charge in [0.25, 0.3) is 0 Å². The average Bonchev–Trinajstić information content (AvgIpc) is 1.12. The van der Waals surface area contributed by atoms with E-state index in [0.717, 1.165) is 0 Å². The second-order valence-corrected chi connectivity index (χ2v) is 2.69. The van der Waals surface area contributed by atoms with Crippen LogP contribution in [0.25, 0.3) is 0 Å². The third-order valence-corrected chi connectivity index (χ3v) is 0. The van der Waals surface area contributed by atoms with Crippen LogP contribution in [0.2, 0.25) is 0 Å². The normalized spacial score (nSPS) is 10.5. The molecule has 0 amide bonds. The van der Waals surface area contributed by atoms with Crippen LogP contribution in [-0.4, -0.2) is 35.0 Å². The summed E-state index contributed by atoms with van der Waals surface area (Å²) in [7, 11) is -9.33. The van der Waals surface area contributed by atoms with E-state index >= 15 is 0 Å². The summed E-state index contributed by atoms with van der Waals surface area (Å²) in [5.74, 6) is 0. The maximum Gasteiger partial charge on any atom is 0.394 e. The molecule has 0 fully saturated rings. The van der Waals surface area contributed by atoms with E-state index in [4.69, 9.17) is 35.0 Å². The molecule has 11 heavy (non-hydrogen) atoms. The molecule has 8 nitrogen and oxygen atoms in total. The second-order valence-electron chi connectivity index (χ2n) is 0.896. The molecular formula is H4FeO8S2. The average molecular weight is 252 g/mol. The molecule has 0 aromatic heterocycles. The van der Waals surface area contributed by atoms with E-state index in [1.54, 1.807) is 0 Å². The number of hydrogen-bond donors (Lipinski definition) is 4. The Bertz CT molecular complexity index is 208. The minimum Gasteiger partial charge on any atom is -0.264 e. The third-order valence-electron chi connectivity index (χ3n) is 0. The Morgan fingerprint density at radius 1 is 0.636 bits per heavy atom. The van der Waals surface area contributed by atoms with Gasteiger partial charge in [-0.15, -0.1) is 0 Å². The Morgan fingerprint density at radius 3 is 0.636 bits per heavy atom. The van der Waals surface area contributed by atoms with Gasteiger partial charge in [0, 0.05) is 17.1 Å². The van der Waals surface area contributed by atoms with Crippen LogP contribution in [0.4, 0.5) is 0 Å². The van der Waals surface area contributed by atoms with Crippen LogP contribution in [0.3, 0.4) is 0 Å². The van der Waals surface area contributed by atoms with Gasteiger partial charge in [-0.25, -0.2) is 0 Å². The first-order chi connectivity index (χ1) is 4.00. The van der Waals surface area contributed by atoms with E-state index in [2.05, 4.69) is 0 Å². The van der Waals surface area contributed by atoms with Gasteiger partial charge in [0.15, 0.2) is 0 Å². The summed E-state index contributed by atoms with van der Waals surface area (Å²) >= 11 is 0. The van der Waals surface area contributed by atoms with Crippen molar-refractivity contribution in [1.82, 2.24) is 0 Å². The topological polar surface area (TPSA) is 149 Å². The zero-order valence-electron chi connectivity index (χ0n) is 4.59. The summed E-state index contributed by atoms with van der Waals surface area (Å²) in [5.41, 5.74) is 0. The van der Waals surface area contributed by atoms with Gasteiger partial charge < -0.3 is 0 Å². The summed E-state index contributed by atoms with van der Waals surface area (Å²) in [6.07, 6.45) is 0. The van der Waals surface area contributed by atoms with Crippen LogP contribution >= 0.6 is 0 Å². The Morgan fingerprint density at radius 2 is 0.636 bits per heavy atom. The standard InChI is InChI=1S/Fe.2H2O4S/c;2*1-5(2,3)4/h;2*(H2,1,2,3,4). The fourth-order valence-electron chi connectivity index (χ4n) is 0. The first-order valence-corrected chi connectivity index (χ1v) is 4.19. The van der Waals surface area contributed by atoms with E-state index < -0.39 is 20.8 Å². The van der Waals surface area contributed by atoms with Crippen molar-refractivity contribution in [2.45, 2.75) is 0 Å². The van der Waals surface area contributed by atoms with E-state index in [-0.39, 0.29) is 17.1 Å². The minimum atomic E-state index is -4.67. The molecular weight excluding hydrogens is 248 g/mol. The first-order valence-electron chi connectivity index (χ1n) is 1.40. The maximum atomic E-state index is 8.74. The molecule has 0 spiro atoms. The molecule has 0 saturated carbocycles. The molecule has 0 radical (unpaired) electrons. The van der Waals surface area contributed by atoms with E-state index in [0.29, 0.717) is 0 Å². The number of rotatable bonds is 0. The van der Waals surface area contributed by atoms with Gasteiger partial charge in [0.05, 0.1) is 0 Å². The molecule has 72 valence electrons. The van der Waals surface area contributed by atoms with Crippen molar-refractivity contribution in [3.05, 3.63) is 0 Å². The summed E-state index contributed by atoms with van der Waals surface area (Å²) in [6, 6.07) is 0. The van der Waals surface area contributed by atoms with Crippen molar-refractivity contribution in [3.8, 4) is 0 Å². The Balaban J connectivity index is -0.000000107. The predicted octanol–water partition coefficient (Wildman–Crippen LogP) is -1.31. The molecule has 0 saturated heterocycles. The van der Waals surface area contributed by atoms with E-state index in [9.17, 15) is 0 Å². The van der Waals surface area contributed by atoms with Crippen LogP contribution in [0.1, 0.15) is 0 Å². The quantitative estimate of drug-likeness (QED) is 0.306. The van der Waals surface area contributed by atoms with Crippen molar-refractivity contribution in [2.75, 3.05) is 0 Å². The molecule has 0 aliphatic heterocycles. The molecule has 0 rings (SSSR count). The van der Waals surface area contributed by atoms with Crippen molar-refractivity contribution in [2.24, 2.45) is 0 Å². The summed E-state index contributed by atoms with van der Waals surface area (Å²) in [5, 5.41) is 0. The Labute approximate surface area is 73.2 Å². The monoisotopic (exact) mass is 252 g/mol. The van der Waals surface area contributed by atoms with Gasteiger partial charge in [0.2, 0.25) is 0 Å². The van der Waals surface area contributed by atoms with Crippen molar-refractivity contribution in [3.63, 3.8) is 0 Å². The zero-order chi connectivity index (χ0) is 9.00. The van der Waals surface area contributed by atoms with Gasteiger partial charge >= 0.3 is 20.8 Å². The molecule has 11 heteroatoms. The fraction of sp³-hybridized carbons (Fsp3) is 0. The summed E-state index contributed by atoms with van der Waals surface area (Å²) in [4.78, 5) is 0. The zero-order valence-corrected chi connectivity index (χ0v) is 7.33. The molecule has 0 atom stereocenters. The summed E-state index contributed by atoms with van der Waals surface area (Å²) in [6.45, 7) is 0. The van der Waals surface area contributed by atoms with Crippen LogP contribution in [0.15, 0.2) is 0 Å². The van der Waals surface area contributed by atoms with Gasteiger partial charge in [-0.1, -0.05) is 0 Å². The van der Waals surface area contributed by atoms with Crippen LogP contribution in [0.5, 0.6) is 0 Å². The summed E-state index contributed by atoms with van der Waals surface area (Å²) < 4.78 is 63.2. The van der Waals surface area contributed by atoms with Crippen molar-refractivity contribution >= 4 is 20.8 Å². The molecule has 0 aliphatic rings. The van der Waals surface area contributed by atoms with E-state index in [1.165, 1.54) is 0 Å². The Hall–Kier alpha value is 0.259. The van der Waals surface area contributed by atoms with Gasteiger partial charge in [-0.3, -0.25) is 18.2 Å². The van der Waals surface area contributed by atoms with Crippen molar-refractivity contribution in [1.29, 1.82) is 0 Å². The molecule has 0 aromatic rings. The van der Waals surface area contributed by atoms with Crippen LogP contribution in [-0.2, 0) is 37.9 Å². The molecule has 0 unspecified atom stereocenters. The molecule has 0 aromatic carbocycles.